The zero-order valence-corrected chi connectivity index (χ0v) is 6.32. The number of carbonyl (C=O) groups is 1. The Morgan fingerprint density at radius 3 is 3.33 bits per heavy atom. The van der Waals surface area contributed by atoms with Gasteiger partial charge in [-0.25, -0.2) is 0 Å². The van der Waals surface area contributed by atoms with Gasteiger partial charge in [-0.2, -0.15) is 0 Å². The van der Waals surface area contributed by atoms with Crippen molar-refractivity contribution < 1.29 is 4.79 Å². The highest BCUT2D eigenvalue weighted by atomic mass is 16.1. The molecule has 60 valence electrons. The van der Waals surface area contributed by atoms with E-state index < -0.39 is 0 Å². The van der Waals surface area contributed by atoms with E-state index in [1.807, 2.05) is 6.07 Å². The summed E-state index contributed by atoms with van der Waals surface area (Å²) >= 11 is 0. The summed E-state index contributed by atoms with van der Waals surface area (Å²) < 4.78 is 0. The van der Waals surface area contributed by atoms with Crippen LogP contribution in [0.5, 0.6) is 0 Å². The van der Waals surface area contributed by atoms with E-state index in [9.17, 15) is 4.79 Å². The summed E-state index contributed by atoms with van der Waals surface area (Å²) in [5.74, 6) is -0.0991. The molecule has 1 aromatic heterocycles. The molecule has 4 heteroatoms. The number of nitrogens with zero attached hydrogens (tertiary/aromatic N) is 2. The van der Waals surface area contributed by atoms with Crippen molar-refractivity contribution in [2.75, 3.05) is 11.9 Å². The molecule has 0 bridgehead atoms. The second-order valence-corrected chi connectivity index (χ2v) is 2.48. The topological polar surface area (TPSA) is 54.4 Å². The predicted molar refractivity (Wildman–Crippen MR) is 45.3 cm³/mol. The van der Waals surface area contributed by atoms with Gasteiger partial charge >= 0.3 is 0 Å². The highest BCUT2D eigenvalue weighted by Crippen LogP contribution is 2.12. The summed E-state index contributed by atoms with van der Waals surface area (Å²) in [7, 11) is 0. The van der Waals surface area contributed by atoms with Crippen LogP contribution in [0.2, 0.25) is 0 Å². The van der Waals surface area contributed by atoms with Gasteiger partial charge in [0.25, 0.3) is 0 Å². The Hall–Kier alpha value is -1.71. The molecule has 0 saturated carbocycles. The summed E-state index contributed by atoms with van der Waals surface area (Å²) in [6.07, 6.45) is 4.96. The average molecular weight is 161 g/mol. The van der Waals surface area contributed by atoms with Gasteiger partial charge in [0.15, 0.2) is 0 Å². The van der Waals surface area contributed by atoms with Crippen LogP contribution in [0.25, 0.3) is 0 Å². The number of pyridine rings is 1. The number of hydrogen-bond donors (Lipinski definition) is 1. The number of nitrogens with one attached hydrogen (secondary N) is 1. The predicted octanol–water partition coefficient (Wildman–Crippen LogP) is 0.453. The first-order chi connectivity index (χ1) is 5.86. The molecule has 0 atom stereocenters. The first kappa shape index (κ1) is 6.97. The molecule has 1 N–H and O–H groups in total. The normalized spacial score (nSPS) is 14.8. The van der Waals surface area contributed by atoms with Crippen molar-refractivity contribution in [3.8, 4) is 0 Å². The van der Waals surface area contributed by atoms with E-state index in [2.05, 4.69) is 15.3 Å². The molecule has 1 aromatic rings. The monoisotopic (exact) mass is 161 g/mol. The zero-order chi connectivity index (χ0) is 8.39. The van der Waals surface area contributed by atoms with Gasteiger partial charge in [0.1, 0.15) is 6.54 Å². The third-order valence-electron chi connectivity index (χ3n) is 1.59. The van der Waals surface area contributed by atoms with E-state index in [0.29, 0.717) is 0 Å². The molecule has 0 spiro atoms. The molecule has 0 fully saturated rings. The highest BCUT2D eigenvalue weighted by molar-refractivity contribution is 6.01. The molecule has 0 saturated heterocycles. The van der Waals surface area contributed by atoms with Gasteiger partial charge in [-0.1, -0.05) is 0 Å². The van der Waals surface area contributed by atoms with Gasteiger partial charge in [-0.15, -0.1) is 0 Å². The second kappa shape index (κ2) is 2.73. The fourth-order valence-corrected chi connectivity index (χ4v) is 1.04. The fraction of sp³-hybridized carbons (Fsp3) is 0.125. The number of aliphatic imine (C=N–C) groups is 1. The first-order valence-electron chi connectivity index (χ1n) is 3.60. The number of anilines is 1. The Bertz CT molecular complexity index is 346. The Labute approximate surface area is 69.3 Å². The zero-order valence-electron chi connectivity index (χ0n) is 6.32. The second-order valence-electron chi connectivity index (χ2n) is 2.48. The molecule has 0 aromatic carbocycles. The van der Waals surface area contributed by atoms with Crippen molar-refractivity contribution in [3.63, 3.8) is 0 Å². The number of hydrogen-bond acceptors (Lipinski definition) is 3. The molecular weight excluding hydrogens is 154 g/mol. The minimum absolute atomic E-state index is 0.0991. The Morgan fingerprint density at radius 1 is 1.50 bits per heavy atom. The van der Waals surface area contributed by atoms with Gasteiger partial charge < -0.3 is 5.32 Å². The molecule has 1 amide bonds. The van der Waals surface area contributed by atoms with Gasteiger partial charge in [0.05, 0.1) is 11.9 Å². The molecule has 0 radical (unpaired) electrons. The Kier molecular flexibility index (Phi) is 1.59. The lowest BCUT2D eigenvalue weighted by atomic mass is 10.2. The van der Waals surface area contributed by atoms with Crippen molar-refractivity contribution in [2.24, 2.45) is 4.99 Å². The van der Waals surface area contributed by atoms with E-state index in [-0.39, 0.29) is 12.5 Å². The minimum Gasteiger partial charge on any atom is -0.323 e. The molecule has 1 aliphatic rings. The van der Waals surface area contributed by atoms with Crippen molar-refractivity contribution in [1.82, 2.24) is 4.98 Å². The average Bonchev–Trinajstić information content (AvgIpc) is 2.25. The standard InChI is InChI=1S/C8H7N3O/c12-8-5-10-3-6-1-2-9-4-7(6)11-8/h1-4H,5H2,(H,11,12). The van der Waals surface area contributed by atoms with Crippen molar-refractivity contribution in [2.45, 2.75) is 0 Å². The molecule has 0 unspecified atom stereocenters. The van der Waals surface area contributed by atoms with E-state index in [1.165, 1.54) is 0 Å². The number of fused-ring (bicyclic) bond motifs is 1. The fourth-order valence-electron chi connectivity index (χ4n) is 1.04. The maximum Gasteiger partial charge on any atom is 0.246 e. The van der Waals surface area contributed by atoms with Gasteiger partial charge in [-0.3, -0.25) is 14.8 Å². The largest absolute Gasteiger partial charge is 0.323 e. The van der Waals surface area contributed by atoms with E-state index in [0.717, 1.165) is 11.3 Å². The van der Waals surface area contributed by atoms with Crippen LogP contribution in [0.15, 0.2) is 23.5 Å². The molecule has 4 nitrogen and oxygen atoms in total. The van der Waals surface area contributed by atoms with E-state index in [4.69, 9.17) is 0 Å². The summed E-state index contributed by atoms with van der Waals surface area (Å²) in [6.45, 7) is 0.189. The third-order valence-corrected chi connectivity index (χ3v) is 1.59. The lowest BCUT2D eigenvalue weighted by molar-refractivity contribution is -0.114. The highest BCUT2D eigenvalue weighted by Gasteiger charge is 2.07. The third kappa shape index (κ3) is 1.18. The SMILES string of the molecule is O=C1CN=Cc2ccncc2N1. The van der Waals surface area contributed by atoms with Crippen LogP contribution in [0.4, 0.5) is 5.69 Å². The van der Waals surface area contributed by atoms with Crippen molar-refractivity contribution in [1.29, 1.82) is 0 Å². The van der Waals surface area contributed by atoms with Crippen LogP contribution < -0.4 is 5.32 Å². The maximum atomic E-state index is 11.0. The van der Waals surface area contributed by atoms with Crippen LogP contribution in [0.3, 0.4) is 0 Å². The lowest BCUT2D eigenvalue weighted by Crippen LogP contribution is -2.13. The maximum absolute atomic E-state index is 11.0. The number of carbonyl (C=O) groups excluding carboxylic acids is 1. The minimum atomic E-state index is -0.0991. The van der Waals surface area contributed by atoms with Gasteiger partial charge in [0, 0.05) is 18.0 Å². The van der Waals surface area contributed by atoms with Crippen LogP contribution in [0.1, 0.15) is 5.56 Å². The molecule has 2 rings (SSSR count). The van der Waals surface area contributed by atoms with Crippen molar-refractivity contribution in [3.05, 3.63) is 24.0 Å². The lowest BCUT2D eigenvalue weighted by Gasteiger charge is -2.01. The number of amides is 1. The quantitative estimate of drug-likeness (QED) is 0.600. The Morgan fingerprint density at radius 2 is 2.42 bits per heavy atom. The Balaban J connectivity index is 2.48. The molecule has 2 heterocycles. The van der Waals surface area contributed by atoms with Crippen LogP contribution in [-0.2, 0) is 4.79 Å². The number of rotatable bonds is 0. The smallest absolute Gasteiger partial charge is 0.246 e. The van der Waals surface area contributed by atoms with E-state index in [1.54, 1.807) is 18.6 Å². The van der Waals surface area contributed by atoms with Crippen LogP contribution in [0, 0.1) is 0 Å². The van der Waals surface area contributed by atoms with E-state index >= 15 is 0 Å². The van der Waals surface area contributed by atoms with Gasteiger partial charge in [-0.05, 0) is 6.07 Å². The molecule has 12 heavy (non-hydrogen) atoms. The summed E-state index contributed by atoms with van der Waals surface area (Å²) in [5.41, 5.74) is 1.62. The number of aromatic nitrogens is 1. The molecular formula is C8H7N3O. The van der Waals surface area contributed by atoms with Crippen LogP contribution >= 0.6 is 0 Å². The summed E-state index contributed by atoms with van der Waals surface area (Å²) in [6, 6.07) is 1.81. The molecule has 1 aliphatic heterocycles. The first-order valence-corrected chi connectivity index (χ1v) is 3.60. The molecule has 0 aliphatic carbocycles. The van der Waals surface area contributed by atoms with Crippen molar-refractivity contribution >= 4 is 17.8 Å². The summed E-state index contributed by atoms with van der Waals surface area (Å²) in [5, 5.41) is 2.70. The summed E-state index contributed by atoms with van der Waals surface area (Å²) in [4.78, 5) is 18.8. The van der Waals surface area contributed by atoms with Gasteiger partial charge in [0.2, 0.25) is 5.91 Å². The van der Waals surface area contributed by atoms with Crippen LogP contribution in [-0.4, -0.2) is 23.7 Å².